The molecule has 0 unspecified atom stereocenters. The van der Waals surface area contributed by atoms with E-state index in [4.69, 9.17) is 16.9 Å². The Morgan fingerprint density at radius 1 is 1.40 bits per heavy atom. The van der Waals surface area contributed by atoms with Gasteiger partial charge in [0.25, 0.3) is 10.0 Å². The Hall–Kier alpha value is -2.05. The maximum atomic E-state index is 12.4. The first-order valence-electron chi connectivity index (χ1n) is 5.42. The minimum absolute atomic E-state index is 0.00400. The molecular weight excluding hydrogens is 304 g/mol. The summed E-state index contributed by atoms with van der Waals surface area (Å²) in [7, 11) is -0.891. The van der Waals surface area contributed by atoms with Gasteiger partial charge >= 0.3 is 0 Å². The number of nitrogens with zero attached hydrogens (tertiary/aromatic N) is 5. The molecule has 0 saturated carbocycles. The number of hydrogen-bond acceptors (Lipinski definition) is 5. The van der Waals surface area contributed by atoms with Crippen LogP contribution in [0.15, 0.2) is 11.1 Å². The molecule has 0 aliphatic carbocycles. The van der Waals surface area contributed by atoms with Crippen LogP contribution in [0.5, 0.6) is 0 Å². The predicted octanol–water partition coefficient (Wildman–Crippen LogP) is 0.788. The van der Waals surface area contributed by atoms with Crippen LogP contribution in [0, 0.1) is 18.3 Å². The van der Waals surface area contributed by atoms with Gasteiger partial charge in [-0.25, -0.2) is 8.42 Å². The molecule has 20 heavy (non-hydrogen) atoms. The van der Waals surface area contributed by atoms with E-state index in [1.165, 1.54) is 29.5 Å². The number of aryl methyl sites for hydroxylation is 3. The van der Waals surface area contributed by atoms with E-state index in [2.05, 4.69) is 14.9 Å². The summed E-state index contributed by atoms with van der Waals surface area (Å²) in [5.41, 5.74) is 0.388. The van der Waals surface area contributed by atoms with Gasteiger partial charge in [-0.05, 0) is 6.92 Å². The molecule has 0 fully saturated rings. The van der Waals surface area contributed by atoms with Gasteiger partial charge in [0.1, 0.15) is 21.7 Å². The van der Waals surface area contributed by atoms with Crippen LogP contribution in [0.3, 0.4) is 0 Å². The molecule has 0 atom stereocenters. The number of rotatable bonds is 3. The van der Waals surface area contributed by atoms with Crippen molar-refractivity contribution in [2.45, 2.75) is 11.8 Å². The van der Waals surface area contributed by atoms with Crippen LogP contribution in [-0.4, -0.2) is 28.0 Å². The normalized spacial score (nSPS) is 11.3. The Labute approximate surface area is 120 Å². The van der Waals surface area contributed by atoms with Gasteiger partial charge in [0.2, 0.25) is 0 Å². The van der Waals surface area contributed by atoms with Crippen molar-refractivity contribution in [2.75, 3.05) is 4.72 Å². The van der Waals surface area contributed by atoms with Gasteiger partial charge in [-0.3, -0.25) is 14.1 Å². The van der Waals surface area contributed by atoms with Crippen LogP contribution < -0.4 is 4.72 Å². The number of halogens is 1. The predicted molar refractivity (Wildman–Crippen MR) is 71.7 cm³/mol. The van der Waals surface area contributed by atoms with E-state index in [1.807, 2.05) is 6.07 Å². The number of hydrogen-bond donors (Lipinski definition) is 1. The van der Waals surface area contributed by atoms with Crippen molar-refractivity contribution < 1.29 is 8.42 Å². The number of aromatic nitrogens is 4. The topological polar surface area (TPSA) is 106 Å². The van der Waals surface area contributed by atoms with Crippen molar-refractivity contribution in [3.63, 3.8) is 0 Å². The minimum Gasteiger partial charge on any atom is -0.262 e. The minimum atomic E-state index is -3.96. The molecule has 2 aromatic heterocycles. The number of nitriles is 1. The zero-order chi connectivity index (χ0) is 15.1. The van der Waals surface area contributed by atoms with E-state index in [0.29, 0.717) is 0 Å². The third-order valence-electron chi connectivity index (χ3n) is 2.66. The summed E-state index contributed by atoms with van der Waals surface area (Å²) in [5.74, 6) is 0.0758. The van der Waals surface area contributed by atoms with Crippen LogP contribution in [0.1, 0.15) is 11.3 Å². The van der Waals surface area contributed by atoms with Gasteiger partial charge in [0, 0.05) is 14.1 Å². The van der Waals surface area contributed by atoms with Crippen molar-refractivity contribution in [3.05, 3.63) is 22.6 Å². The maximum absolute atomic E-state index is 12.4. The van der Waals surface area contributed by atoms with E-state index < -0.39 is 10.0 Å². The second kappa shape index (κ2) is 4.81. The summed E-state index contributed by atoms with van der Waals surface area (Å²) in [5, 5.41) is 16.7. The average Bonchev–Trinajstić information content (AvgIpc) is 2.81. The van der Waals surface area contributed by atoms with Gasteiger partial charge < -0.3 is 0 Å². The van der Waals surface area contributed by atoms with Gasteiger partial charge in [0.05, 0.1) is 11.9 Å². The summed E-state index contributed by atoms with van der Waals surface area (Å²) in [6.45, 7) is 1.54. The van der Waals surface area contributed by atoms with Gasteiger partial charge in [0.15, 0.2) is 5.82 Å². The quantitative estimate of drug-likeness (QED) is 0.901. The fraction of sp³-hybridized carbons (Fsp3) is 0.300. The summed E-state index contributed by atoms with van der Waals surface area (Å²) in [4.78, 5) is -0.119. The second-order valence-electron chi connectivity index (χ2n) is 4.08. The van der Waals surface area contributed by atoms with E-state index in [1.54, 1.807) is 7.05 Å². The molecule has 0 radical (unpaired) electrons. The lowest BCUT2D eigenvalue weighted by atomic mass is 10.4. The molecule has 0 aliphatic heterocycles. The zero-order valence-electron chi connectivity index (χ0n) is 10.9. The van der Waals surface area contributed by atoms with Crippen molar-refractivity contribution in [2.24, 2.45) is 14.1 Å². The number of sulfonamides is 1. The highest BCUT2D eigenvalue weighted by atomic mass is 35.5. The SMILES string of the molecule is Cc1nn(C)c(Cl)c1S(=O)(=O)Nc1c(C#N)cnn1C. The molecule has 106 valence electrons. The molecule has 8 nitrogen and oxygen atoms in total. The highest BCUT2D eigenvalue weighted by molar-refractivity contribution is 7.92. The lowest BCUT2D eigenvalue weighted by Gasteiger charge is -2.08. The van der Waals surface area contributed by atoms with E-state index >= 15 is 0 Å². The Morgan fingerprint density at radius 3 is 2.55 bits per heavy atom. The van der Waals surface area contributed by atoms with Crippen molar-refractivity contribution in [1.29, 1.82) is 5.26 Å². The molecule has 1 N–H and O–H groups in total. The lowest BCUT2D eigenvalue weighted by Crippen LogP contribution is -2.17. The third-order valence-corrected chi connectivity index (χ3v) is 4.69. The molecule has 2 aromatic rings. The molecule has 10 heteroatoms. The van der Waals surface area contributed by atoms with Crippen LogP contribution in [-0.2, 0) is 24.1 Å². The van der Waals surface area contributed by atoms with Crippen molar-refractivity contribution >= 4 is 27.4 Å². The molecular formula is C10H11ClN6O2S. The summed E-state index contributed by atoms with van der Waals surface area (Å²) >= 11 is 5.95. The van der Waals surface area contributed by atoms with Crippen LogP contribution in [0.2, 0.25) is 5.15 Å². The second-order valence-corrected chi connectivity index (χ2v) is 6.05. The molecule has 2 heterocycles. The summed E-state index contributed by atoms with van der Waals surface area (Å²) in [6, 6.07) is 1.86. The Balaban J connectivity index is 2.52. The fourth-order valence-corrected chi connectivity index (χ4v) is 3.60. The molecule has 0 saturated heterocycles. The highest BCUT2D eigenvalue weighted by Gasteiger charge is 2.27. The van der Waals surface area contributed by atoms with Crippen molar-refractivity contribution in [1.82, 2.24) is 19.6 Å². The van der Waals surface area contributed by atoms with Gasteiger partial charge in [-0.1, -0.05) is 11.6 Å². The molecule has 0 aliphatic rings. The fourth-order valence-electron chi connectivity index (χ4n) is 1.73. The first-order valence-corrected chi connectivity index (χ1v) is 7.28. The first-order chi connectivity index (χ1) is 9.27. The van der Waals surface area contributed by atoms with E-state index in [0.717, 1.165) is 0 Å². The monoisotopic (exact) mass is 314 g/mol. The molecule has 2 rings (SSSR count). The average molecular weight is 315 g/mol. The summed E-state index contributed by atoms with van der Waals surface area (Å²) < 4.78 is 29.6. The summed E-state index contributed by atoms with van der Waals surface area (Å²) in [6.07, 6.45) is 1.27. The van der Waals surface area contributed by atoms with Crippen LogP contribution in [0.25, 0.3) is 0 Å². The van der Waals surface area contributed by atoms with Crippen LogP contribution >= 0.6 is 11.6 Å². The largest absolute Gasteiger partial charge is 0.268 e. The van der Waals surface area contributed by atoms with Crippen LogP contribution in [0.4, 0.5) is 5.82 Å². The molecule has 0 amide bonds. The number of nitrogens with one attached hydrogen (secondary N) is 1. The van der Waals surface area contributed by atoms with E-state index in [-0.39, 0.29) is 27.1 Å². The lowest BCUT2D eigenvalue weighted by molar-refractivity contribution is 0.599. The zero-order valence-corrected chi connectivity index (χ0v) is 12.5. The maximum Gasteiger partial charge on any atom is 0.268 e. The molecule has 0 spiro atoms. The molecule has 0 bridgehead atoms. The number of anilines is 1. The smallest absolute Gasteiger partial charge is 0.262 e. The Morgan fingerprint density at radius 2 is 2.05 bits per heavy atom. The third kappa shape index (κ3) is 2.23. The highest BCUT2D eigenvalue weighted by Crippen LogP contribution is 2.27. The first kappa shape index (κ1) is 14.4. The van der Waals surface area contributed by atoms with Gasteiger partial charge in [-0.2, -0.15) is 15.5 Å². The Kier molecular flexibility index (Phi) is 3.45. The molecule has 0 aromatic carbocycles. The van der Waals surface area contributed by atoms with Crippen molar-refractivity contribution in [3.8, 4) is 6.07 Å². The standard InChI is InChI=1S/C10H11ClN6O2S/c1-6-8(9(11)16(2)14-6)20(18,19)15-10-7(4-12)5-13-17(10)3/h5,15H,1-3H3. The van der Waals surface area contributed by atoms with Gasteiger partial charge in [-0.15, -0.1) is 0 Å². The van der Waals surface area contributed by atoms with E-state index in [9.17, 15) is 8.42 Å². The Bertz CT molecular complexity index is 814.